The first kappa shape index (κ1) is 19.2. The summed E-state index contributed by atoms with van der Waals surface area (Å²) in [5.74, 6) is -1.03. The van der Waals surface area contributed by atoms with Crippen molar-refractivity contribution < 1.29 is 24.0 Å². The van der Waals surface area contributed by atoms with Gasteiger partial charge in [0.15, 0.2) is 12.4 Å². The lowest BCUT2D eigenvalue weighted by Gasteiger charge is -2.08. The first-order valence-corrected chi connectivity index (χ1v) is 7.92. The number of halogens is 1. The summed E-state index contributed by atoms with van der Waals surface area (Å²) < 4.78 is 10.1. The summed E-state index contributed by atoms with van der Waals surface area (Å²) in [4.78, 5) is 33.8. The minimum absolute atomic E-state index is 0.0628. The molecule has 0 aromatic heterocycles. The van der Waals surface area contributed by atoms with Crippen LogP contribution in [0.4, 0.5) is 11.4 Å². The van der Waals surface area contributed by atoms with E-state index in [1.165, 1.54) is 36.4 Å². The number of nitrogens with one attached hydrogen (secondary N) is 1. The minimum atomic E-state index is -0.646. The molecule has 136 valence electrons. The molecule has 2 aromatic rings. The fraction of sp³-hybridized carbons (Fsp3) is 0.176. The van der Waals surface area contributed by atoms with Gasteiger partial charge in [-0.05, 0) is 43.3 Å². The number of nitrogens with zero attached hydrogens (tertiary/aromatic N) is 1. The van der Waals surface area contributed by atoms with E-state index >= 15 is 0 Å². The van der Waals surface area contributed by atoms with Crippen LogP contribution in [0.15, 0.2) is 42.5 Å². The Morgan fingerprint density at radius 3 is 2.50 bits per heavy atom. The summed E-state index contributed by atoms with van der Waals surface area (Å²) >= 11 is 5.71. The van der Waals surface area contributed by atoms with E-state index in [0.29, 0.717) is 11.3 Å². The molecule has 0 atom stereocenters. The highest BCUT2D eigenvalue weighted by atomic mass is 35.5. The molecule has 0 heterocycles. The molecular formula is C17H15ClN2O6. The van der Waals surface area contributed by atoms with E-state index in [1.807, 2.05) is 0 Å². The molecule has 0 radical (unpaired) electrons. The highest BCUT2D eigenvalue weighted by Crippen LogP contribution is 2.29. The zero-order valence-corrected chi connectivity index (χ0v) is 14.5. The Labute approximate surface area is 153 Å². The number of carbonyl (C=O) groups is 2. The maximum Gasteiger partial charge on any atom is 0.338 e. The molecule has 8 nitrogen and oxygen atoms in total. The number of carbonyl (C=O) groups excluding carboxylic acids is 2. The number of hydrogen-bond acceptors (Lipinski definition) is 6. The van der Waals surface area contributed by atoms with E-state index < -0.39 is 23.4 Å². The number of esters is 1. The van der Waals surface area contributed by atoms with Gasteiger partial charge in [0.1, 0.15) is 0 Å². The molecule has 0 unspecified atom stereocenters. The highest BCUT2D eigenvalue weighted by Gasteiger charge is 2.17. The Kier molecular flexibility index (Phi) is 6.51. The molecule has 0 aliphatic carbocycles. The molecule has 2 rings (SSSR count). The van der Waals surface area contributed by atoms with Crippen molar-refractivity contribution in [2.45, 2.75) is 6.92 Å². The smallest absolute Gasteiger partial charge is 0.338 e. The van der Waals surface area contributed by atoms with Crippen molar-refractivity contribution in [2.75, 3.05) is 18.5 Å². The van der Waals surface area contributed by atoms with E-state index in [-0.39, 0.29) is 23.1 Å². The molecular weight excluding hydrogens is 364 g/mol. The number of anilines is 1. The first-order chi connectivity index (χ1) is 12.4. The van der Waals surface area contributed by atoms with Crippen LogP contribution in [0.5, 0.6) is 5.75 Å². The number of hydrogen-bond donors (Lipinski definition) is 1. The standard InChI is InChI=1S/C17H15ClN2O6/c1-2-25-17(22)11-3-6-13(7-4-11)19-16(21)10-26-15-8-5-12(18)9-14(15)20(23)24/h3-9H,2,10H2,1H3,(H,19,21). The Hall–Kier alpha value is -3.13. The van der Waals surface area contributed by atoms with Gasteiger partial charge in [-0.25, -0.2) is 4.79 Å². The zero-order valence-electron chi connectivity index (χ0n) is 13.7. The molecule has 2 aromatic carbocycles. The Bertz CT molecular complexity index is 823. The molecule has 0 saturated heterocycles. The zero-order chi connectivity index (χ0) is 19.1. The topological polar surface area (TPSA) is 108 Å². The number of nitro groups is 1. The van der Waals surface area contributed by atoms with Crippen LogP contribution in [-0.4, -0.2) is 30.0 Å². The Morgan fingerprint density at radius 1 is 1.19 bits per heavy atom. The van der Waals surface area contributed by atoms with Gasteiger partial charge in [0.25, 0.3) is 5.91 Å². The number of amides is 1. The van der Waals surface area contributed by atoms with Crippen LogP contribution in [0.2, 0.25) is 5.02 Å². The maximum absolute atomic E-state index is 11.9. The van der Waals surface area contributed by atoms with Crippen LogP contribution in [0.3, 0.4) is 0 Å². The van der Waals surface area contributed by atoms with Crippen LogP contribution in [-0.2, 0) is 9.53 Å². The number of benzene rings is 2. The number of nitro benzene ring substituents is 1. The third kappa shape index (κ3) is 5.18. The summed E-state index contributed by atoms with van der Waals surface area (Å²) in [5, 5.41) is 13.7. The Balaban J connectivity index is 1.95. The monoisotopic (exact) mass is 378 g/mol. The lowest BCUT2D eigenvalue weighted by molar-refractivity contribution is -0.385. The van der Waals surface area contributed by atoms with Crippen molar-refractivity contribution in [1.82, 2.24) is 0 Å². The molecule has 0 saturated carbocycles. The van der Waals surface area contributed by atoms with Crippen molar-refractivity contribution in [3.05, 3.63) is 63.2 Å². The molecule has 0 bridgehead atoms. The molecule has 1 N–H and O–H groups in total. The van der Waals surface area contributed by atoms with Gasteiger partial charge in [0.2, 0.25) is 0 Å². The van der Waals surface area contributed by atoms with E-state index in [4.69, 9.17) is 21.1 Å². The van der Waals surface area contributed by atoms with Gasteiger partial charge in [0, 0.05) is 16.8 Å². The summed E-state index contributed by atoms with van der Waals surface area (Å²) in [5.41, 5.74) is 0.472. The third-order valence-electron chi connectivity index (χ3n) is 3.16. The van der Waals surface area contributed by atoms with Crippen molar-refractivity contribution in [3.8, 4) is 5.75 Å². The SMILES string of the molecule is CCOC(=O)c1ccc(NC(=O)COc2ccc(Cl)cc2[N+](=O)[O-])cc1. The summed E-state index contributed by atoms with van der Waals surface area (Å²) in [7, 11) is 0. The van der Waals surface area contributed by atoms with E-state index in [9.17, 15) is 19.7 Å². The fourth-order valence-corrected chi connectivity index (χ4v) is 2.17. The third-order valence-corrected chi connectivity index (χ3v) is 3.39. The van der Waals surface area contributed by atoms with Gasteiger partial charge in [-0.3, -0.25) is 14.9 Å². The second-order valence-electron chi connectivity index (χ2n) is 5.00. The van der Waals surface area contributed by atoms with E-state index in [2.05, 4.69) is 5.32 Å². The molecule has 0 spiro atoms. The normalized spacial score (nSPS) is 10.1. The fourth-order valence-electron chi connectivity index (χ4n) is 2.00. The quantitative estimate of drug-likeness (QED) is 0.449. The van der Waals surface area contributed by atoms with Gasteiger partial charge in [-0.1, -0.05) is 11.6 Å². The molecule has 9 heteroatoms. The minimum Gasteiger partial charge on any atom is -0.477 e. The molecule has 0 fully saturated rings. The summed E-state index contributed by atoms with van der Waals surface area (Å²) in [6.45, 7) is 1.55. The van der Waals surface area contributed by atoms with Crippen LogP contribution in [0.1, 0.15) is 17.3 Å². The second kappa shape index (κ2) is 8.82. The van der Waals surface area contributed by atoms with Crippen LogP contribution < -0.4 is 10.1 Å². The summed E-state index contributed by atoms with van der Waals surface area (Å²) in [6, 6.07) is 9.99. The van der Waals surface area contributed by atoms with Crippen molar-refractivity contribution in [3.63, 3.8) is 0 Å². The van der Waals surface area contributed by atoms with Crippen LogP contribution >= 0.6 is 11.6 Å². The number of rotatable bonds is 7. The molecule has 0 aliphatic heterocycles. The van der Waals surface area contributed by atoms with Gasteiger partial charge in [0.05, 0.1) is 17.1 Å². The average molecular weight is 379 g/mol. The highest BCUT2D eigenvalue weighted by molar-refractivity contribution is 6.30. The van der Waals surface area contributed by atoms with Gasteiger partial charge in [-0.15, -0.1) is 0 Å². The largest absolute Gasteiger partial charge is 0.477 e. The van der Waals surface area contributed by atoms with E-state index in [1.54, 1.807) is 6.92 Å². The predicted molar refractivity (Wildman–Crippen MR) is 94.6 cm³/mol. The van der Waals surface area contributed by atoms with Crippen molar-refractivity contribution in [2.24, 2.45) is 0 Å². The van der Waals surface area contributed by atoms with Crippen LogP contribution in [0.25, 0.3) is 0 Å². The van der Waals surface area contributed by atoms with E-state index in [0.717, 1.165) is 6.07 Å². The summed E-state index contributed by atoms with van der Waals surface area (Å²) in [6.07, 6.45) is 0. The van der Waals surface area contributed by atoms with Gasteiger partial charge < -0.3 is 14.8 Å². The maximum atomic E-state index is 11.9. The lowest BCUT2D eigenvalue weighted by Crippen LogP contribution is -2.20. The molecule has 26 heavy (non-hydrogen) atoms. The van der Waals surface area contributed by atoms with Gasteiger partial charge >= 0.3 is 11.7 Å². The second-order valence-corrected chi connectivity index (χ2v) is 5.44. The first-order valence-electron chi connectivity index (χ1n) is 7.54. The van der Waals surface area contributed by atoms with Crippen molar-refractivity contribution in [1.29, 1.82) is 0 Å². The average Bonchev–Trinajstić information content (AvgIpc) is 2.61. The molecule has 1 amide bonds. The molecule has 0 aliphatic rings. The lowest BCUT2D eigenvalue weighted by atomic mass is 10.2. The number of ether oxygens (including phenoxy) is 2. The predicted octanol–water partition coefficient (Wildman–Crippen LogP) is 3.44. The van der Waals surface area contributed by atoms with Crippen LogP contribution in [0, 0.1) is 10.1 Å². The van der Waals surface area contributed by atoms with Gasteiger partial charge in [-0.2, -0.15) is 0 Å². The Morgan fingerprint density at radius 2 is 1.88 bits per heavy atom. The van der Waals surface area contributed by atoms with Crippen molar-refractivity contribution >= 4 is 34.9 Å².